The summed E-state index contributed by atoms with van der Waals surface area (Å²) >= 11 is 0. The van der Waals surface area contributed by atoms with Crippen LogP contribution in [0.4, 0.5) is 11.5 Å². The number of hydrogen-bond acceptors (Lipinski definition) is 16. The lowest BCUT2D eigenvalue weighted by atomic mass is 9.94. The summed E-state index contributed by atoms with van der Waals surface area (Å²) in [5, 5.41) is 11.0. The van der Waals surface area contributed by atoms with Crippen molar-refractivity contribution in [1.29, 1.82) is 0 Å². The first-order valence-corrected chi connectivity index (χ1v) is 26.4. The summed E-state index contributed by atoms with van der Waals surface area (Å²) in [4.78, 5) is 80.4. The molecule has 0 radical (unpaired) electrons. The molecule has 74 heavy (non-hydrogen) atoms. The topological polar surface area (TPSA) is 276 Å². The highest BCUT2D eigenvalue weighted by Crippen LogP contribution is 2.36. The Morgan fingerprint density at radius 1 is 0.730 bits per heavy atom. The predicted octanol–water partition coefficient (Wildman–Crippen LogP) is 2.93. The largest absolute Gasteiger partial charge is 0.383 e. The first-order valence-electron chi connectivity index (χ1n) is 24.9. The number of benzene rings is 3. The number of fused-ring (bicyclic) bond motifs is 2. The smallest absolute Gasteiger partial charge is 0.264 e. The minimum absolute atomic E-state index is 0.0485. The van der Waals surface area contributed by atoms with E-state index in [1.165, 1.54) is 10.4 Å². The fourth-order valence-corrected chi connectivity index (χ4v) is 10.6. The summed E-state index contributed by atoms with van der Waals surface area (Å²) in [6.45, 7) is 4.85. The Morgan fingerprint density at radius 2 is 1.41 bits per heavy atom. The van der Waals surface area contributed by atoms with E-state index in [9.17, 15) is 37.2 Å². The molecular formula is C52H62N8O13S. The third kappa shape index (κ3) is 13.5. The van der Waals surface area contributed by atoms with Crippen molar-refractivity contribution in [2.45, 2.75) is 61.9 Å². The number of anilines is 2. The molecule has 394 valence electrons. The summed E-state index contributed by atoms with van der Waals surface area (Å²) in [5.74, 6) is -2.16. The Labute approximate surface area is 429 Å². The molecule has 4 heterocycles. The average molecular weight is 1040 g/mol. The maximum Gasteiger partial charge on any atom is 0.264 e. The van der Waals surface area contributed by atoms with Gasteiger partial charge < -0.3 is 45.4 Å². The van der Waals surface area contributed by atoms with Gasteiger partial charge in [0.2, 0.25) is 27.7 Å². The van der Waals surface area contributed by atoms with Crippen molar-refractivity contribution < 1.29 is 60.9 Å². The molecule has 1 saturated carbocycles. The van der Waals surface area contributed by atoms with Gasteiger partial charge in [0.05, 0.1) is 82.1 Å². The molecule has 22 heteroatoms. The van der Waals surface area contributed by atoms with E-state index in [1.807, 2.05) is 18.2 Å². The Kier molecular flexibility index (Phi) is 18.5. The minimum atomic E-state index is -3.79. The number of sulfonamides is 1. The molecule has 21 nitrogen and oxygen atoms in total. The van der Waals surface area contributed by atoms with Gasteiger partial charge in [0.25, 0.3) is 17.7 Å². The van der Waals surface area contributed by atoms with Crippen LogP contribution in [0.5, 0.6) is 0 Å². The number of piperidine rings is 1. The molecule has 1 atom stereocenters. The fraction of sp³-hybridized carbons (Fsp3) is 0.442. The molecule has 6 amide bonds. The van der Waals surface area contributed by atoms with Gasteiger partial charge in [-0.1, -0.05) is 30.3 Å². The van der Waals surface area contributed by atoms with Gasteiger partial charge in [0, 0.05) is 73.6 Å². The highest BCUT2D eigenvalue weighted by atomic mass is 32.2. The zero-order valence-electron chi connectivity index (χ0n) is 41.1. The molecular weight excluding hydrogens is 977 g/mol. The number of ether oxygens (including phenoxy) is 5. The molecule has 1 aromatic heterocycles. The summed E-state index contributed by atoms with van der Waals surface area (Å²) in [6.07, 6.45) is 4.71. The summed E-state index contributed by atoms with van der Waals surface area (Å²) in [6, 6.07) is 18.1. The lowest BCUT2D eigenvalue weighted by Crippen LogP contribution is -2.54. The zero-order chi connectivity index (χ0) is 52.0. The first kappa shape index (κ1) is 53.6. The molecule has 4 aromatic rings. The van der Waals surface area contributed by atoms with Gasteiger partial charge in [-0.25, -0.2) is 13.4 Å². The van der Waals surface area contributed by atoms with Crippen molar-refractivity contribution in [1.82, 2.24) is 30.1 Å². The van der Waals surface area contributed by atoms with Crippen molar-refractivity contribution in [2.75, 3.05) is 103 Å². The molecule has 0 spiro atoms. The van der Waals surface area contributed by atoms with Crippen LogP contribution in [0.15, 0.2) is 77.8 Å². The van der Waals surface area contributed by atoms with Gasteiger partial charge in [0.15, 0.2) is 0 Å². The predicted molar refractivity (Wildman–Crippen MR) is 270 cm³/mol. The van der Waals surface area contributed by atoms with Gasteiger partial charge in [-0.15, -0.1) is 0 Å². The second-order valence-corrected chi connectivity index (χ2v) is 19.9. The van der Waals surface area contributed by atoms with E-state index in [0.29, 0.717) is 103 Å². The number of carbonyl (C=O) groups is 6. The van der Waals surface area contributed by atoms with E-state index < -0.39 is 39.7 Å². The van der Waals surface area contributed by atoms with Crippen molar-refractivity contribution >= 4 is 57.0 Å². The second-order valence-electron chi connectivity index (χ2n) is 18.0. The van der Waals surface area contributed by atoms with E-state index in [0.717, 1.165) is 52.0 Å². The van der Waals surface area contributed by atoms with Crippen molar-refractivity contribution in [3.63, 3.8) is 0 Å². The Hall–Kier alpha value is -6.66. The van der Waals surface area contributed by atoms with Gasteiger partial charge in [-0.3, -0.25) is 39.0 Å². The van der Waals surface area contributed by atoms with E-state index >= 15 is 0 Å². The second kappa shape index (κ2) is 25.5. The number of nitrogen functional groups attached to an aromatic ring is 1. The molecule has 3 aliphatic heterocycles. The Morgan fingerprint density at radius 3 is 2.09 bits per heavy atom. The molecule has 4 aliphatic rings. The molecule has 1 aliphatic carbocycles. The molecule has 6 N–H and O–H groups in total. The van der Waals surface area contributed by atoms with Crippen LogP contribution in [0.2, 0.25) is 0 Å². The average Bonchev–Trinajstić information content (AvgIpc) is 4.20. The first-order chi connectivity index (χ1) is 35.9. The van der Waals surface area contributed by atoms with Crippen LogP contribution >= 0.6 is 0 Å². The number of amides is 6. The molecule has 1 saturated heterocycles. The number of hydrogen-bond donors (Lipinski definition) is 5. The summed E-state index contributed by atoms with van der Waals surface area (Å²) in [5.41, 5.74) is 11.9. The van der Waals surface area contributed by atoms with E-state index in [4.69, 9.17) is 29.4 Å². The van der Waals surface area contributed by atoms with Crippen LogP contribution in [0.25, 0.3) is 22.3 Å². The maximum atomic E-state index is 13.8. The maximum absolute atomic E-state index is 13.8. The van der Waals surface area contributed by atoms with Gasteiger partial charge in [-0.2, -0.15) is 4.31 Å². The SMILES string of the molecule is Nc1ncc(-c2ccc(S(=O)(=O)N(CCCNC(=O)CCOCCOCCOCCOCCOCCNc3cccc4c3C(=O)N(C3CCC(=O)NC3=O)C4=O)C3CC3)cc2)cc1-c1ccc2c(c1)CCNC2=O. The van der Waals surface area contributed by atoms with E-state index in [1.54, 1.807) is 48.7 Å². The number of nitrogens with zero attached hydrogens (tertiary/aromatic N) is 3. The van der Waals surface area contributed by atoms with Gasteiger partial charge in [-0.05, 0) is 85.2 Å². The molecule has 2 fully saturated rings. The van der Waals surface area contributed by atoms with Crippen LogP contribution in [0, 0.1) is 0 Å². The molecule has 8 rings (SSSR count). The Balaban J connectivity index is 0.625. The van der Waals surface area contributed by atoms with Crippen LogP contribution in [0.3, 0.4) is 0 Å². The summed E-state index contributed by atoms with van der Waals surface area (Å²) < 4.78 is 56.9. The zero-order valence-corrected chi connectivity index (χ0v) is 41.9. The highest BCUT2D eigenvalue weighted by Gasteiger charge is 2.45. The van der Waals surface area contributed by atoms with Gasteiger partial charge in [0.1, 0.15) is 11.9 Å². The number of nitrogens with one attached hydrogen (secondary N) is 4. The van der Waals surface area contributed by atoms with Gasteiger partial charge >= 0.3 is 0 Å². The Bertz CT molecular complexity index is 2810. The van der Waals surface area contributed by atoms with Crippen LogP contribution < -0.4 is 27.0 Å². The quantitative estimate of drug-likeness (QED) is 0.0386. The van der Waals surface area contributed by atoms with Crippen LogP contribution in [0.1, 0.15) is 75.2 Å². The highest BCUT2D eigenvalue weighted by molar-refractivity contribution is 7.89. The summed E-state index contributed by atoms with van der Waals surface area (Å²) in [7, 11) is -3.79. The monoisotopic (exact) mass is 1040 g/mol. The number of aromatic nitrogens is 1. The minimum Gasteiger partial charge on any atom is -0.383 e. The molecule has 3 aromatic carbocycles. The lowest BCUT2D eigenvalue weighted by Gasteiger charge is -2.27. The van der Waals surface area contributed by atoms with E-state index in [-0.39, 0.29) is 66.3 Å². The number of pyridine rings is 1. The molecule has 0 bridgehead atoms. The number of rotatable bonds is 29. The van der Waals surface area contributed by atoms with Crippen molar-refractivity contribution in [3.05, 3.63) is 95.2 Å². The van der Waals surface area contributed by atoms with Crippen molar-refractivity contribution in [3.8, 4) is 22.3 Å². The van der Waals surface area contributed by atoms with Crippen molar-refractivity contribution in [2.24, 2.45) is 0 Å². The number of carbonyl (C=O) groups excluding carboxylic acids is 6. The normalized spacial score (nSPS) is 16.5. The fourth-order valence-electron chi connectivity index (χ4n) is 8.89. The standard InChI is InChI=1S/C52H62N8O13S/c53-48-42(35-7-12-40-36(31-35)15-18-56-49(40)63)32-37(33-57-48)34-5-10-39(11-6-34)74(67,68)59(38-8-9-38)20-2-17-55-45(61)16-21-69-23-25-71-27-29-73-30-28-72-26-24-70-22-19-54-43-4-1-3-41-47(43)52(66)60(51(41)65)44-13-14-46(62)58-50(44)64/h1,3-7,10-12,31-33,38,44,54H,2,8-9,13-30H2,(H2,53,57)(H,55,61)(H,56,63)(H,58,62,64). The lowest BCUT2D eigenvalue weighted by molar-refractivity contribution is -0.136. The third-order valence-electron chi connectivity index (χ3n) is 12.9. The van der Waals surface area contributed by atoms with E-state index in [2.05, 4.69) is 26.3 Å². The molecule has 1 unspecified atom stereocenters. The van der Waals surface area contributed by atoms with Crippen LogP contribution in [-0.4, -0.2) is 162 Å². The third-order valence-corrected chi connectivity index (χ3v) is 14.8. The number of nitrogens with two attached hydrogens (primary N) is 1. The van der Waals surface area contributed by atoms with Crippen LogP contribution in [-0.2, 0) is 54.5 Å². The number of imide groups is 2.